The number of nitrogens with one attached hydrogen (secondary N) is 1. The van der Waals surface area contributed by atoms with Gasteiger partial charge in [-0.05, 0) is 36.2 Å². The summed E-state index contributed by atoms with van der Waals surface area (Å²) in [7, 11) is -3.04. The molecule has 7 nitrogen and oxygen atoms in total. The van der Waals surface area contributed by atoms with E-state index in [0.717, 1.165) is 0 Å². The number of H-pyrrole nitrogens is 1. The van der Waals surface area contributed by atoms with E-state index in [0.29, 0.717) is 22.5 Å². The van der Waals surface area contributed by atoms with E-state index in [2.05, 4.69) is 4.98 Å². The molecule has 0 unspecified atom stereocenters. The molecular weight excluding hydrogens is 330 g/mol. The van der Waals surface area contributed by atoms with Gasteiger partial charge in [0.15, 0.2) is 10.6 Å². The topological polar surface area (TPSA) is 116 Å². The normalized spacial score (nSPS) is 16.3. The molecule has 1 aromatic heterocycles. The molecule has 0 fully saturated rings. The van der Waals surface area contributed by atoms with Crippen LogP contribution in [0.1, 0.15) is 21.6 Å². The molecule has 124 valence electrons. The maximum atomic E-state index is 12.6. The van der Waals surface area contributed by atoms with Crippen molar-refractivity contribution in [1.29, 1.82) is 0 Å². The Bertz CT molecular complexity index is 986. The average molecular weight is 346 g/mol. The zero-order valence-corrected chi connectivity index (χ0v) is 13.7. The molecule has 1 aromatic carbocycles. The van der Waals surface area contributed by atoms with Gasteiger partial charge < -0.3 is 10.7 Å². The Balaban J connectivity index is 2.29. The van der Waals surface area contributed by atoms with Crippen molar-refractivity contribution in [3.63, 3.8) is 0 Å². The fourth-order valence-corrected chi connectivity index (χ4v) is 3.58. The highest BCUT2D eigenvalue weighted by atomic mass is 32.2. The smallest absolute Gasteiger partial charge is 0.398 e. The lowest BCUT2D eigenvalue weighted by Crippen LogP contribution is -2.32. The molecular formula is C16H16N3O4S+. The third-order valence-corrected chi connectivity index (χ3v) is 4.85. The summed E-state index contributed by atoms with van der Waals surface area (Å²) in [4.78, 5) is 15.1. The minimum absolute atomic E-state index is 0.102. The van der Waals surface area contributed by atoms with Crippen LogP contribution >= 0.6 is 0 Å². The van der Waals surface area contributed by atoms with Crippen LogP contribution in [0.3, 0.4) is 0 Å². The number of rotatable bonds is 2. The Morgan fingerprint density at radius 1 is 1.29 bits per heavy atom. The van der Waals surface area contributed by atoms with Gasteiger partial charge in [-0.15, -0.1) is 0 Å². The van der Waals surface area contributed by atoms with E-state index in [-0.39, 0.29) is 17.0 Å². The summed E-state index contributed by atoms with van der Waals surface area (Å²) in [5, 5.41) is 0. The van der Waals surface area contributed by atoms with Gasteiger partial charge >= 0.3 is 16.0 Å². The van der Waals surface area contributed by atoms with Gasteiger partial charge in [-0.3, -0.25) is 4.55 Å². The standard InChI is InChI=1S/C16H15N3O4S/c1-19(16(20)13-6-3-9-18-13)15-11-4-2-5-12(17)10(11)7-8-14(15)24(21,22)23/h2-6,8-9H,7,17H2,1H3,(H-,18,20,21,22,23)/p+1. The highest BCUT2D eigenvalue weighted by molar-refractivity contribution is 7.90. The van der Waals surface area contributed by atoms with Crippen LogP contribution in [0.4, 0.5) is 5.69 Å². The highest BCUT2D eigenvalue weighted by Crippen LogP contribution is 2.28. The molecule has 2 aromatic rings. The van der Waals surface area contributed by atoms with E-state index in [1.165, 1.54) is 17.7 Å². The van der Waals surface area contributed by atoms with Crippen LogP contribution in [0.25, 0.3) is 0 Å². The number of aromatic amines is 1. The fraction of sp³-hybridized carbons (Fsp3) is 0.125. The molecule has 3 rings (SSSR count). The van der Waals surface area contributed by atoms with E-state index in [9.17, 15) is 17.8 Å². The van der Waals surface area contributed by atoms with Gasteiger partial charge in [0, 0.05) is 11.9 Å². The number of nitrogens with zero attached hydrogens (tertiary/aromatic N) is 1. The SMILES string of the molecule is C[N+](C(=O)c1ccc[nH]1)=C1C(S(=O)(=O)O)=CCc2c(N)cccc21. The van der Waals surface area contributed by atoms with E-state index in [1.54, 1.807) is 36.5 Å². The van der Waals surface area contributed by atoms with Crippen molar-refractivity contribution >= 4 is 27.4 Å². The molecule has 1 aliphatic carbocycles. The zero-order valence-electron chi connectivity index (χ0n) is 12.9. The monoisotopic (exact) mass is 346 g/mol. The first kappa shape index (κ1) is 16.2. The molecule has 0 bridgehead atoms. The lowest BCUT2D eigenvalue weighted by Gasteiger charge is -2.17. The first-order valence-corrected chi connectivity index (χ1v) is 8.59. The largest absolute Gasteiger partial charge is 0.436 e. The van der Waals surface area contributed by atoms with Crippen molar-refractivity contribution in [2.45, 2.75) is 6.42 Å². The third-order valence-electron chi connectivity index (χ3n) is 3.94. The summed E-state index contributed by atoms with van der Waals surface area (Å²) < 4.78 is 34.4. The number of benzene rings is 1. The average Bonchev–Trinajstić information content (AvgIpc) is 3.06. The van der Waals surface area contributed by atoms with Crippen molar-refractivity contribution in [1.82, 2.24) is 4.98 Å². The molecule has 0 aliphatic heterocycles. The predicted molar refractivity (Wildman–Crippen MR) is 89.6 cm³/mol. The number of hydrogen-bond acceptors (Lipinski definition) is 4. The molecule has 0 radical (unpaired) electrons. The Labute approximate surface area is 138 Å². The number of allylic oxidation sites excluding steroid dienone is 2. The second-order valence-electron chi connectivity index (χ2n) is 5.42. The van der Waals surface area contributed by atoms with Gasteiger partial charge in [-0.1, -0.05) is 12.1 Å². The maximum absolute atomic E-state index is 12.6. The Morgan fingerprint density at radius 3 is 2.67 bits per heavy atom. The number of carbonyl (C=O) groups excluding carboxylic acids is 1. The van der Waals surface area contributed by atoms with Gasteiger partial charge in [0.25, 0.3) is 0 Å². The zero-order chi connectivity index (χ0) is 17.5. The first-order chi connectivity index (χ1) is 11.3. The number of fused-ring (bicyclic) bond motifs is 1. The van der Waals surface area contributed by atoms with Crippen LogP contribution in [-0.4, -0.2) is 41.2 Å². The van der Waals surface area contributed by atoms with E-state index in [1.807, 2.05) is 0 Å². The van der Waals surface area contributed by atoms with Crippen molar-refractivity contribution < 1.29 is 22.3 Å². The molecule has 0 spiro atoms. The molecule has 8 heteroatoms. The van der Waals surface area contributed by atoms with E-state index >= 15 is 0 Å². The number of aromatic nitrogens is 1. The van der Waals surface area contributed by atoms with Crippen LogP contribution in [0.5, 0.6) is 0 Å². The Morgan fingerprint density at radius 2 is 2.04 bits per heavy atom. The van der Waals surface area contributed by atoms with Gasteiger partial charge in [0.1, 0.15) is 7.05 Å². The number of carbonyl (C=O) groups is 1. The number of nitrogen functional groups attached to an aromatic ring is 1. The van der Waals surface area contributed by atoms with Crippen LogP contribution in [0, 0.1) is 0 Å². The molecule has 24 heavy (non-hydrogen) atoms. The third kappa shape index (κ3) is 2.66. The minimum Gasteiger partial charge on any atom is -0.398 e. The van der Waals surface area contributed by atoms with Crippen molar-refractivity contribution in [2.75, 3.05) is 12.8 Å². The van der Waals surface area contributed by atoms with Gasteiger partial charge in [-0.2, -0.15) is 13.0 Å². The van der Waals surface area contributed by atoms with E-state index < -0.39 is 16.0 Å². The van der Waals surface area contributed by atoms with Crippen molar-refractivity contribution in [2.24, 2.45) is 0 Å². The van der Waals surface area contributed by atoms with Crippen LogP contribution in [-0.2, 0) is 16.5 Å². The summed E-state index contributed by atoms with van der Waals surface area (Å²) >= 11 is 0. The molecule has 1 amide bonds. The lowest BCUT2D eigenvalue weighted by molar-refractivity contribution is -0.393. The van der Waals surface area contributed by atoms with Gasteiger partial charge in [-0.25, -0.2) is 4.79 Å². The van der Waals surface area contributed by atoms with Crippen molar-refractivity contribution in [3.05, 3.63) is 64.3 Å². The highest BCUT2D eigenvalue weighted by Gasteiger charge is 2.36. The summed E-state index contributed by atoms with van der Waals surface area (Å²) in [6.45, 7) is 0. The van der Waals surface area contributed by atoms with Crippen LogP contribution in [0.2, 0.25) is 0 Å². The summed E-state index contributed by atoms with van der Waals surface area (Å²) in [6.07, 6.45) is 3.21. The van der Waals surface area contributed by atoms with Crippen LogP contribution < -0.4 is 5.73 Å². The van der Waals surface area contributed by atoms with E-state index in [4.69, 9.17) is 5.73 Å². The maximum Gasteiger partial charge on any atom is 0.436 e. The molecule has 1 heterocycles. The molecule has 0 atom stereocenters. The molecule has 1 aliphatic rings. The summed E-state index contributed by atoms with van der Waals surface area (Å²) in [5.74, 6) is -0.431. The number of anilines is 1. The van der Waals surface area contributed by atoms with Crippen molar-refractivity contribution in [3.8, 4) is 0 Å². The minimum atomic E-state index is -4.50. The first-order valence-electron chi connectivity index (χ1n) is 7.15. The fourth-order valence-electron chi connectivity index (χ4n) is 2.80. The number of nitrogens with two attached hydrogens (primary N) is 1. The second kappa shape index (κ2) is 5.73. The quantitative estimate of drug-likeness (QED) is 0.429. The Kier molecular flexibility index (Phi) is 3.86. The van der Waals surface area contributed by atoms with Gasteiger partial charge in [0.05, 0.1) is 5.56 Å². The number of amides is 1. The van der Waals surface area contributed by atoms with Gasteiger partial charge in [0.2, 0.25) is 5.71 Å². The molecule has 4 N–H and O–H groups in total. The molecule has 0 saturated heterocycles. The molecule has 0 saturated carbocycles. The second-order valence-corrected chi connectivity index (χ2v) is 6.81. The van der Waals surface area contributed by atoms with Crippen LogP contribution in [0.15, 0.2) is 47.5 Å². The predicted octanol–water partition coefficient (Wildman–Crippen LogP) is 1.20. The number of hydrogen-bond donors (Lipinski definition) is 3. The lowest BCUT2D eigenvalue weighted by atomic mass is 9.93. The summed E-state index contributed by atoms with van der Waals surface area (Å²) in [6, 6.07) is 8.30. The Hall–Kier alpha value is -2.71. The summed E-state index contributed by atoms with van der Waals surface area (Å²) in [5.41, 5.74) is 8.09.